The molecule has 0 bridgehead atoms. The molecule has 1 aliphatic heterocycles. The lowest BCUT2D eigenvalue weighted by Gasteiger charge is -2.33. The minimum absolute atomic E-state index is 0.0923. The summed E-state index contributed by atoms with van der Waals surface area (Å²) in [4.78, 5) is 21.0. The number of morpholine rings is 1. The molecule has 1 amide bonds. The van der Waals surface area contributed by atoms with Crippen LogP contribution in [0.2, 0.25) is 0 Å². The number of hydrogen-bond donors (Lipinski definition) is 2. The topological polar surface area (TPSA) is 74.7 Å². The van der Waals surface area contributed by atoms with Crippen LogP contribution in [0.15, 0.2) is 54.2 Å². The number of nitrogens with zero attached hydrogens (tertiary/aromatic N) is 2. The summed E-state index contributed by atoms with van der Waals surface area (Å²) in [5.74, 6) is -0.187. The number of benzene rings is 1. The number of carbonyl (C=O) groups is 1. The van der Waals surface area contributed by atoms with Crippen LogP contribution in [-0.4, -0.2) is 60.3 Å². The number of aromatic nitrogens is 1. The third kappa shape index (κ3) is 5.19. The van der Waals surface area contributed by atoms with Crippen LogP contribution in [0.1, 0.15) is 33.8 Å². The number of carbonyl (C=O) groups excluding carboxylic acids is 1. The lowest BCUT2D eigenvalue weighted by molar-refractivity contribution is -0.0261. The zero-order valence-corrected chi connectivity index (χ0v) is 18.4. The average Bonchev–Trinajstić information content (AvgIpc) is 3.18. The summed E-state index contributed by atoms with van der Waals surface area (Å²) < 4.78 is 6.14. The number of ether oxygens (including phenoxy) is 1. The number of pyridine rings is 1. The Morgan fingerprint density at radius 2 is 2.16 bits per heavy atom. The van der Waals surface area contributed by atoms with Crippen molar-refractivity contribution in [2.75, 3.05) is 39.4 Å². The average molecular weight is 438 g/mol. The molecule has 2 aromatic heterocycles. The van der Waals surface area contributed by atoms with Crippen molar-refractivity contribution >= 4 is 33.5 Å². The quantitative estimate of drug-likeness (QED) is 0.592. The first-order valence-corrected chi connectivity index (χ1v) is 11.3. The number of amides is 1. The zero-order valence-electron chi connectivity index (χ0n) is 17.6. The summed E-state index contributed by atoms with van der Waals surface area (Å²) >= 11 is 1.38. The maximum Gasteiger partial charge on any atom is 0.261 e. The Kier molecular flexibility index (Phi) is 7.09. The Bertz CT molecular complexity index is 1060. The van der Waals surface area contributed by atoms with Crippen molar-refractivity contribution in [3.05, 3.63) is 70.2 Å². The van der Waals surface area contributed by atoms with Crippen molar-refractivity contribution in [2.24, 2.45) is 0 Å². The van der Waals surface area contributed by atoms with Crippen molar-refractivity contribution in [1.82, 2.24) is 15.2 Å². The molecule has 0 radical (unpaired) electrons. The minimum Gasteiger partial charge on any atom is -0.395 e. The van der Waals surface area contributed by atoms with Gasteiger partial charge in [0.25, 0.3) is 5.91 Å². The Balaban J connectivity index is 1.56. The van der Waals surface area contributed by atoms with Gasteiger partial charge in [-0.15, -0.1) is 11.3 Å². The van der Waals surface area contributed by atoms with E-state index in [0.29, 0.717) is 18.0 Å². The molecule has 162 valence electrons. The van der Waals surface area contributed by atoms with E-state index in [2.05, 4.69) is 40.3 Å². The number of aliphatic hydroxyl groups excluding tert-OH is 1. The van der Waals surface area contributed by atoms with Crippen LogP contribution in [0.3, 0.4) is 0 Å². The van der Waals surface area contributed by atoms with Gasteiger partial charge in [0, 0.05) is 43.3 Å². The molecular weight excluding hydrogens is 410 g/mol. The van der Waals surface area contributed by atoms with Gasteiger partial charge in [0.05, 0.1) is 19.3 Å². The van der Waals surface area contributed by atoms with Crippen molar-refractivity contribution in [3.8, 4) is 0 Å². The normalized spacial score (nSPS) is 17.7. The molecule has 0 spiro atoms. The van der Waals surface area contributed by atoms with E-state index in [4.69, 9.17) is 9.84 Å². The Hall–Kier alpha value is -2.58. The second-order valence-corrected chi connectivity index (χ2v) is 8.68. The highest BCUT2D eigenvalue weighted by molar-refractivity contribution is 7.20. The maximum absolute atomic E-state index is 12.8. The van der Waals surface area contributed by atoms with E-state index < -0.39 is 0 Å². The largest absolute Gasteiger partial charge is 0.395 e. The molecule has 1 atom stereocenters. The van der Waals surface area contributed by atoms with Gasteiger partial charge >= 0.3 is 0 Å². The maximum atomic E-state index is 12.8. The highest BCUT2D eigenvalue weighted by Crippen LogP contribution is 2.37. The molecule has 1 aromatic carbocycles. The summed E-state index contributed by atoms with van der Waals surface area (Å²) in [5.41, 5.74) is 3.38. The fraction of sp³-hybridized carbons (Fsp3) is 0.333. The molecule has 6 nitrogen and oxygen atoms in total. The van der Waals surface area contributed by atoms with Crippen molar-refractivity contribution in [3.63, 3.8) is 0 Å². The molecule has 1 unspecified atom stereocenters. The molecule has 1 aliphatic rings. The highest BCUT2D eigenvalue weighted by atomic mass is 32.1. The van der Waals surface area contributed by atoms with Gasteiger partial charge in [-0.3, -0.25) is 9.69 Å². The molecule has 1 saturated heterocycles. The first kappa shape index (κ1) is 21.6. The number of aliphatic hydroxyl groups is 1. The molecule has 3 heterocycles. The molecule has 2 N–H and O–H groups in total. The van der Waals surface area contributed by atoms with Gasteiger partial charge in [-0.25, -0.2) is 4.98 Å². The standard InChI is InChI=1S/C24H27N3O3S/c1-17(14-18-6-3-2-4-7-18)15-27-11-13-30-20(16-27)21-19-8-5-9-26-24(19)31-22(21)23(29)25-10-12-28/h2-9,14,20,28H,10-13,15-16H2,1H3,(H,25,29)/b17-14+. The van der Waals surface area contributed by atoms with Gasteiger partial charge in [0.2, 0.25) is 0 Å². The van der Waals surface area contributed by atoms with Crippen LogP contribution in [-0.2, 0) is 4.74 Å². The molecule has 0 aliphatic carbocycles. The number of thiophene rings is 1. The van der Waals surface area contributed by atoms with E-state index in [1.54, 1.807) is 6.20 Å². The number of nitrogens with one attached hydrogen (secondary N) is 1. The first-order valence-electron chi connectivity index (χ1n) is 10.5. The van der Waals surface area contributed by atoms with Gasteiger partial charge in [-0.1, -0.05) is 48.0 Å². The Morgan fingerprint density at radius 1 is 1.32 bits per heavy atom. The van der Waals surface area contributed by atoms with E-state index in [1.807, 2.05) is 30.3 Å². The third-order valence-corrected chi connectivity index (χ3v) is 6.39. The van der Waals surface area contributed by atoms with E-state index in [0.717, 1.165) is 28.9 Å². The molecule has 3 aromatic rings. The lowest BCUT2D eigenvalue weighted by Crippen LogP contribution is -2.39. The van der Waals surface area contributed by atoms with Crippen LogP contribution in [0.25, 0.3) is 16.3 Å². The van der Waals surface area contributed by atoms with Crippen LogP contribution < -0.4 is 5.32 Å². The van der Waals surface area contributed by atoms with Crippen molar-refractivity contribution in [2.45, 2.75) is 13.0 Å². The second kappa shape index (κ2) is 10.2. The van der Waals surface area contributed by atoms with Crippen molar-refractivity contribution < 1.29 is 14.6 Å². The SMILES string of the molecule is C/C(=C\c1ccccc1)CN1CCOC(c2c(C(=O)NCCO)sc3ncccc23)C1. The summed E-state index contributed by atoms with van der Waals surface area (Å²) in [7, 11) is 0. The predicted molar refractivity (Wildman–Crippen MR) is 124 cm³/mol. The third-order valence-electron chi connectivity index (χ3n) is 5.27. The van der Waals surface area contributed by atoms with Crippen LogP contribution in [0, 0.1) is 0 Å². The number of fused-ring (bicyclic) bond motifs is 1. The number of hydrogen-bond acceptors (Lipinski definition) is 6. The van der Waals surface area contributed by atoms with E-state index >= 15 is 0 Å². The number of rotatable bonds is 7. The summed E-state index contributed by atoms with van der Waals surface area (Å²) in [5, 5.41) is 12.8. The fourth-order valence-corrected chi connectivity index (χ4v) is 5.05. The lowest BCUT2D eigenvalue weighted by atomic mass is 10.0. The van der Waals surface area contributed by atoms with Gasteiger partial charge < -0.3 is 15.2 Å². The molecular formula is C24H27N3O3S. The monoisotopic (exact) mass is 437 g/mol. The molecule has 7 heteroatoms. The van der Waals surface area contributed by atoms with E-state index in [9.17, 15) is 4.79 Å². The van der Waals surface area contributed by atoms with Crippen molar-refractivity contribution in [1.29, 1.82) is 0 Å². The van der Waals surface area contributed by atoms with Gasteiger partial charge in [0.1, 0.15) is 9.71 Å². The zero-order chi connectivity index (χ0) is 21.6. The fourth-order valence-electron chi connectivity index (χ4n) is 3.94. The molecule has 4 rings (SSSR count). The molecule has 31 heavy (non-hydrogen) atoms. The highest BCUT2D eigenvalue weighted by Gasteiger charge is 2.30. The second-order valence-electron chi connectivity index (χ2n) is 7.68. The van der Waals surface area contributed by atoms with Crippen LogP contribution in [0.5, 0.6) is 0 Å². The Morgan fingerprint density at radius 3 is 2.97 bits per heavy atom. The van der Waals surface area contributed by atoms with Gasteiger partial charge in [-0.05, 0) is 18.6 Å². The smallest absolute Gasteiger partial charge is 0.261 e. The van der Waals surface area contributed by atoms with Crippen LogP contribution >= 0.6 is 11.3 Å². The summed E-state index contributed by atoms with van der Waals surface area (Å²) in [6, 6.07) is 14.2. The van der Waals surface area contributed by atoms with Gasteiger partial charge in [-0.2, -0.15) is 0 Å². The molecule has 0 saturated carbocycles. The van der Waals surface area contributed by atoms with Crippen LogP contribution in [0.4, 0.5) is 0 Å². The first-order chi connectivity index (χ1) is 15.2. The minimum atomic E-state index is -0.203. The Labute approximate surface area is 186 Å². The molecule has 1 fully saturated rings. The summed E-state index contributed by atoms with van der Waals surface area (Å²) in [6.07, 6.45) is 3.75. The van der Waals surface area contributed by atoms with Gasteiger partial charge in [0.15, 0.2) is 0 Å². The summed E-state index contributed by atoms with van der Waals surface area (Å²) in [6.45, 7) is 5.30. The van der Waals surface area contributed by atoms with E-state index in [-0.39, 0.29) is 25.2 Å². The predicted octanol–water partition coefficient (Wildman–Crippen LogP) is 3.50. The van der Waals surface area contributed by atoms with E-state index in [1.165, 1.54) is 22.5 Å².